The first-order valence-corrected chi connectivity index (χ1v) is 6.27. The first-order chi connectivity index (χ1) is 8.74. The van der Waals surface area contributed by atoms with E-state index >= 15 is 0 Å². The molecule has 18 heavy (non-hydrogen) atoms. The Balaban J connectivity index is 1.90. The van der Waals surface area contributed by atoms with Crippen LogP contribution in [0.5, 0.6) is 5.75 Å². The highest BCUT2D eigenvalue weighted by atomic mass is 16.5. The molecule has 2 nitrogen and oxygen atoms in total. The van der Waals surface area contributed by atoms with Gasteiger partial charge in [-0.1, -0.05) is 30.3 Å². The normalized spacial score (nSPS) is 10.4. The maximum absolute atomic E-state index is 5.69. The highest BCUT2D eigenvalue weighted by molar-refractivity contribution is 5.45. The molecule has 0 aliphatic rings. The zero-order valence-corrected chi connectivity index (χ0v) is 10.9. The minimum Gasteiger partial charge on any atom is -0.489 e. The first kappa shape index (κ1) is 12.5. The summed E-state index contributed by atoms with van der Waals surface area (Å²) in [7, 11) is 0. The molecular weight excluding hydrogens is 222 g/mol. The van der Waals surface area contributed by atoms with E-state index in [-0.39, 0.29) is 0 Å². The molecule has 2 heteroatoms. The lowest BCUT2D eigenvalue weighted by Crippen LogP contribution is -2.09. The molecule has 0 aliphatic carbocycles. The van der Waals surface area contributed by atoms with Gasteiger partial charge in [0.05, 0.1) is 0 Å². The Hall–Kier alpha value is -1.96. The van der Waals surface area contributed by atoms with Gasteiger partial charge in [0, 0.05) is 11.7 Å². The summed E-state index contributed by atoms with van der Waals surface area (Å²) in [5, 5.41) is 3.36. The van der Waals surface area contributed by atoms with E-state index in [0.717, 1.165) is 11.4 Å². The molecule has 0 saturated heterocycles. The number of ether oxygens (including phenoxy) is 1. The van der Waals surface area contributed by atoms with E-state index in [2.05, 4.69) is 43.4 Å². The molecule has 0 amide bonds. The van der Waals surface area contributed by atoms with Crippen LogP contribution in [0.4, 0.5) is 5.69 Å². The molecule has 0 aliphatic heterocycles. The molecule has 1 N–H and O–H groups in total. The van der Waals surface area contributed by atoms with Crippen molar-refractivity contribution in [3.8, 4) is 5.75 Å². The van der Waals surface area contributed by atoms with Crippen LogP contribution >= 0.6 is 0 Å². The van der Waals surface area contributed by atoms with Gasteiger partial charge < -0.3 is 10.1 Å². The van der Waals surface area contributed by atoms with Gasteiger partial charge in [0.2, 0.25) is 0 Å². The third kappa shape index (κ3) is 3.81. The zero-order chi connectivity index (χ0) is 12.8. The van der Waals surface area contributed by atoms with E-state index in [1.165, 1.54) is 5.56 Å². The Labute approximate surface area is 109 Å². The van der Waals surface area contributed by atoms with Crippen molar-refractivity contribution in [1.29, 1.82) is 0 Å². The predicted molar refractivity (Wildman–Crippen MR) is 76.0 cm³/mol. The molecule has 0 heterocycles. The largest absolute Gasteiger partial charge is 0.489 e. The first-order valence-electron chi connectivity index (χ1n) is 6.27. The van der Waals surface area contributed by atoms with E-state index in [0.29, 0.717) is 12.6 Å². The molecular formula is C16H19NO. The van der Waals surface area contributed by atoms with Crippen LogP contribution in [-0.2, 0) is 6.61 Å². The quantitative estimate of drug-likeness (QED) is 0.851. The summed E-state index contributed by atoms with van der Waals surface area (Å²) in [5.41, 5.74) is 2.32. The van der Waals surface area contributed by atoms with Crippen LogP contribution in [0.25, 0.3) is 0 Å². The van der Waals surface area contributed by atoms with Gasteiger partial charge in [0.15, 0.2) is 0 Å². The van der Waals surface area contributed by atoms with Gasteiger partial charge in [-0.2, -0.15) is 0 Å². The molecule has 0 atom stereocenters. The monoisotopic (exact) mass is 241 g/mol. The summed E-state index contributed by atoms with van der Waals surface area (Å²) in [6, 6.07) is 18.7. The number of para-hydroxylation sites is 1. The lowest BCUT2D eigenvalue weighted by Gasteiger charge is -2.11. The van der Waals surface area contributed by atoms with Crippen LogP contribution in [-0.4, -0.2) is 6.04 Å². The van der Waals surface area contributed by atoms with E-state index in [1.54, 1.807) is 0 Å². The Bertz CT molecular complexity index is 462. The molecule has 0 aromatic heterocycles. The Morgan fingerprint density at radius 3 is 2.22 bits per heavy atom. The van der Waals surface area contributed by atoms with Gasteiger partial charge >= 0.3 is 0 Å². The number of rotatable bonds is 5. The highest BCUT2D eigenvalue weighted by Crippen LogP contribution is 2.14. The second kappa shape index (κ2) is 6.10. The van der Waals surface area contributed by atoms with Crippen molar-refractivity contribution in [2.75, 3.05) is 5.32 Å². The highest BCUT2D eigenvalue weighted by Gasteiger charge is 1.97. The lowest BCUT2D eigenvalue weighted by atomic mass is 10.2. The lowest BCUT2D eigenvalue weighted by molar-refractivity contribution is 0.306. The Morgan fingerprint density at radius 1 is 0.944 bits per heavy atom. The van der Waals surface area contributed by atoms with Crippen LogP contribution in [0.3, 0.4) is 0 Å². The molecule has 2 rings (SSSR count). The van der Waals surface area contributed by atoms with E-state index < -0.39 is 0 Å². The number of nitrogens with one attached hydrogen (secondary N) is 1. The SMILES string of the molecule is CC(C)Nc1ccc(COc2ccccc2)cc1. The van der Waals surface area contributed by atoms with Crippen LogP contribution < -0.4 is 10.1 Å². The van der Waals surface area contributed by atoms with Gasteiger partial charge in [-0.15, -0.1) is 0 Å². The van der Waals surface area contributed by atoms with Gasteiger partial charge in [-0.3, -0.25) is 0 Å². The van der Waals surface area contributed by atoms with Gasteiger partial charge in [0.25, 0.3) is 0 Å². The molecule has 0 unspecified atom stereocenters. The zero-order valence-electron chi connectivity index (χ0n) is 10.9. The van der Waals surface area contributed by atoms with Gasteiger partial charge in [-0.25, -0.2) is 0 Å². The number of anilines is 1. The Morgan fingerprint density at radius 2 is 1.61 bits per heavy atom. The van der Waals surface area contributed by atoms with E-state index in [9.17, 15) is 0 Å². The van der Waals surface area contributed by atoms with Crippen LogP contribution in [0, 0.1) is 0 Å². The topological polar surface area (TPSA) is 21.3 Å². The molecule has 0 saturated carbocycles. The summed E-state index contributed by atoms with van der Waals surface area (Å²) >= 11 is 0. The molecule has 0 radical (unpaired) electrons. The average Bonchev–Trinajstić information content (AvgIpc) is 2.38. The Kier molecular flexibility index (Phi) is 4.24. The van der Waals surface area contributed by atoms with Crippen molar-refractivity contribution < 1.29 is 4.74 Å². The van der Waals surface area contributed by atoms with E-state index in [4.69, 9.17) is 4.74 Å². The fourth-order valence-electron chi connectivity index (χ4n) is 1.71. The van der Waals surface area contributed by atoms with Gasteiger partial charge in [-0.05, 0) is 43.7 Å². The van der Waals surface area contributed by atoms with Crippen LogP contribution in [0.15, 0.2) is 54.6 Å². The van der Waals surface area contributed by atoms with Crippen molar-refractivity contribution in [2.45, 2.75) is 26.5 Å². The number of hydrogen-bond donors (Lipinski definition) is 1. The number of benzene rings is 2. The van der Waals surface area contributed by atoms with Crippen LogP contribution in [0.2, 0.25) is 0 Å². The second-order valence-corrected chi connectivity index (χ2v) is 4.60. The molecule has 0 bridgehead atoms. The van der Waals surface area contributed by atoms with Crippen molar-refractivity contribution in [3.05, 3.63) is 60.2 Å². The molecule has 94 valence electrons. The molecule has 0 fully saturated rings. The van der Waals surface area contributed by atoms with Crippen molar-refractivity contribution >= 4 is 5.69 Å². The minimum atomic E-state index is 0.455. The molecule has 2 aromatic carbocycles. The third-order valence-corrected chi connectivity index (χ3v) is 2.56. The standard InChI is InChI=1S/C16H19NO/c1-13(2)17-15-10-8-14(9-11-15)12-18-16-6-4-3-5-7-16/h3-11,13,17H,12H2,1-2H3. The van der Waals surface area contributed by atoms with Crippen molar-refractivity contribution in [3.63, 3.8) is 0 Å². The minimum absolute atomic E-state index is 0.455. The maximum atomic E-state index is 5.69. The molecule has 2 aromatic rings. The maximum Gasteiger partial charge on any atom is 0.119 e. The fraction of sp³-hybridized carbons (Fsp3) is 0.250. The van der Waals surface area contributed by atoms with Crippen molar-refractivity contribution in [2.24, 2.45) is 0 Å². The fourth-order valence-corrected chi connectivity index (χ4v) is 1.71. The number of hydrogen-bond acceptors (Lipinski definition) is 2. The molecule has 0 spiro atoms. The summed E-state index contributed by atoms with van der Waals surface area (Å²) in [5.74, 6) is 0.905. The van der Waals surface area contributed by atoms with Gasteiger partial charge in [0.1, 0.15) is 12.4 Å². The summed E-state index contributed by atoms with van der Waals surface area (Å²) in [6.07, 6.45) is 0. The summed E-state index contributed by atoms with van der Waals surface area (Å²) < 4.78 is 5.69. The predicted octanol–water partition coefficient (Wildman–Crippen LogP) is 4.09. The third-order valence-electron chi connectivity index (χ3n) is 2.56. The second-order valence-electron chi connectivity index (χ2n) is 4.60. The summed E-state index contributed by atoms with van der Waals surface area (Å²) in [6.45, 7) is 4.87. The van der Waals surface area contributed by atoms with Crippen LogP contribution in [0.1, 0.15) is 19.4 Å². The summed E-state index contributed by atoms with van der Waals surface area (Å²) in [4.78, 5) is 0. The average molecular weight is 241 g/mol. The smallest absolute Gasteiger partial charge is 0.119 e. The van der Waals surface area contributed by atoms with Crippen molar-refractivity contribution in [1.82, 2.24) is 0 Å². The van der Waals surface area contributed by atoms with E-state index in [1.807, 2.05) is 30.3 Å².